The van der Waals surface area contributed by atoms with Gasteiger partial charge in [0, 0.05) is 36.8 Å². The van der Waals surface area contributed by atoms with Crippen LogP contribution in [0.15, 0.2) is 48.7 Å². The van der Waals surface area contributed by atoms with Crippen LogP contribution in [0.1, 0.15) is 24.1 Å². The Morgan fingerprint density at radius 3 is 2.67 bits per heavy atom. The molecule has 3 rings (SSSR count). The van der Waals surface area contributed by atoms with Gasteiger partial charge in [-0.1, -0.05) is 24.3 Å². The first-order valence-corrected chi connectivity index (χ1v) is 8.44. The molecule has 0 aliphatic carbocycles. The summed E-state index contributed by atoms with van der Waals surface area (Å²) in [5, 5.41) is 6.01. The number of carbonyl (C=O) groups excluding carboxylic acids is 1. The number of hydrogen-bond acceptors (Lipinski definition) is 3. The molecule has 5 nitrogen and oxygen atoms in total. The predicted molar refractivity (Wildman–Crippen MR) is 94.1 cm³/mol. The van der Waals surface area contributed by atoms with Gasteiger partial charge in [-0.15, -0.1) is 0 Å². The van der Waals surface area contributed by atoms with E-state index in [0.717, 1.165) is 42.6 Å². The molecular formula is C19H23N3O2. The summed E-state index contributed by atoms with van der Waals surface area (Å²) in [6, 6.07) is 13.9. The second-order valence-corrected chi connectivity index (χ2v) is 5.96. The van der Waals surface area contributed by atoms with Crippen molar-refractivity contribution in [1.82, 2.24) is 10.3 Å². The Kier molecular flexibility index (Phi) is 5.80. The molecule has 1 aromatic carbocycles. The van der Waals surface area contributed by atoms with Gasteiger partial charge in [-0.25, -0.2) is 4.79 Å². The number of pyridine rings is 1. The van der Waals surface area contributed by atoms with E-state index in [-0.39, 0.29) is 12.1 Å². The van der Waals surface area contributed by atoms with E-state index in [1.165, 1.54) is 0 Å². The molecule has 2 N–H and O–H groups in total. The minimum absolute atomic E-state index is 0.146. The number of nitrogens with one attached hydrogen (secondary N) is 2. The zero-order chi connectivity index (χ0) is 16.6. The summed E-state index contributed by atoms with van der Waals surface area (Å²) in [5.41, 5.74) is 3.03. The number of benzene rings is 1. The Balaban J connectivity index is 1.57. The summed E-state index contributed by atoms with van der Waals surface area (Å²) >= 11 is 0. The summed E-state index contributed by atoms with van der Waals surface area (Å²) in [6.07, 6.45) is 5.23. The van der Waals surface area contributed by atoms with Crippen molar-refractivity contribution in [3.8, 4) is 0 Å². The zero-order valence-corrected chi connectivity index (χ0v) is 13.7. The molecule has 2 heterocycles. The highest BCUT2D eigenvalue weighted by Gasteiger charge is 2.16. The van der Waals surface area contributed by atoms with Crippen LogP contribution in [-0.2, 0) is 17.6 Å². The molecule has 2 aromatic rings. The fourth-order valence-electron chi connectivity index (χ4n) is 2.85. The minimum Gasteiger partial charge on any atom is -0.381 e. The third kappa shape index (κ3) is 4.80. The lowest BCUT2D eigenvalue weighted by molar-refractivity contribution is 0.0806. The van der Waals surface area contributed by atoms with Crippen molar-refractivity contribution in [3.05, 3.63) is 59.9 Å². The highest BCUT2D eigenvalue weighted by atomic mass is 16.5. The van der Waals surface area contributed by atoms with Crippen molar-refractivity contribution in [1.29, 1.82) is 0 Å². The molecule has 1 aromatic heterocycles. The number of para-hydroxylation sites is 1. The van der Waals surface area contributed by atoms with E-state index in [2.05, 4.69) is 15.6 Å². The third-order valence-electron chi connectivity index (χ3n) is 4.20. The van der Waals surface area contributed by atoms with Gasteiger partial charge < -0.3 is 15.4 Å². The normalized spacial score (nSPS) is 15.0. The number of aryl methyl sites for hydroxylation is 2. The number of carbonyl (C=O) groups is 1. The molecule has 1 saturated heterocycles. The quantitative estimate of drug-likeness (QED) is 0.887. The first kappa shape index (κ1) is 16.5. The van der Waals surface area contributed by atoms with E-state index < -0.39 is 0 Å². The van der Waals surface area contributed by atoms with Gasteiger partial charge in [-0.2, -0.15) is 0 Å². The first-order chi connectivity index (χ1) is 11.8. The van der Waals surface area contributed by atoms with E-state index in [1.54, 1.807) is 6.20 Å². The monoisotopic (exact) mass is 325 g/mol. The number of anilines is 1. The molecule has 24 heavy (non-hydrogen) atoms. The molecule has 1 aliphatic rings. The molecule has 1 fully saturated rings. The van der Waals surface area contributed by atoms with E-state index >= 15 is 0 Å². The Hall–Kier alpha value is -2.40. The first-order valence-electron chi connectivity index (χ1n) is 8.44. The predicted octanol–water partition coefficient (Wildman–Crippen LogP) is 3.17. The fraction of sp³-hybridized carbons (Fsp3) is 0.368. The van der Waals surface area contributed by atoms with Gasteiger partial charge >= 0.3 is 6.03 Å². The van der Waals surface area contributed by atoms with E-state index in [9.17, 15) is 4.79 Å². The molecule has 0 radical (unpaired) electrons. The van der Waals surface area contributed by atoms with E-state index in [1.807, 2.05) is 42.5 Å². The van der Waals surface area contributed by atoms with Gasteiger partial charge in [0.2, 0.25) is 0 Å². The van der Waals surface area contributed by atoms with E-state index in [4.69, 9.17) is 4.74 Å². The van der Waals surface area contributed by atoms with Crippen LogP contribution in [-0.4, -0.2) is 30.3 Å². The standard InChI is InChI=1S/C19H23N3O2/c23-19(21-17-10-13-24-14-11-17)22-18-7-2-1-5-15(18)8-9-16-6-3-4-12-20-16/h1-7,12,17H,8-11,13-14H2,(H2,21,22,23). The third-order valence-corrected chi connectivity index (χ3v) is 4.20. The highest BCUT2D eigenvalue weighted by molar-refractivity contribution is 5.90. The zero-order valence-electron chi connectivity index (χ0n) is 13.7. The topological polar surface area (TPSA) is 63.2 Å². The fourth-order valence-corrected chi connectivity index (χ4v) is 2.85. The lowest BCUT2D eigenvalue weighted by Gasteiger charge is -2.23. The summed E-state index contributed by atoms with van der Waals surface area (Å²) in [5.74, 6) is 0. The van der Waals surface area contributed by atoms with Crippen LogP contribution < -0.4 is 10.6 Å². The molecule has 0 bridgehead atoms. The Morgan fingerprint density at radius 2 is 1.88 bits per heavy atom. The Morgan fingerprint density at radius 1 is 1.08 bits per heavy atom. The molecule has 0 unspecified atom stereocenters. The maximum atomic E-state index is 12.2. The van der Waals surface area contributed by atoms with Crippen molar-refractivity contribution < 1.29 is 9.53 Å². The molecule has 0 saturated carbocycles. The summed E-state index contributed by atoms with van der Waals surface area (Å²) in [6.45, 7) is 1.43. The van der Waals surface area contributed by atoms with Gasteiger partial charge in [0.15, 0.2) is 0 Å². The van der Waals surface area contributed by atoms with Crippen molar-refractivity contribution in [2.45, 2.75) is 31.7 Å². The van der Waals surface area contributed by atoms with Crippen molar-refractivity contribution in [2.75, 3.05) is 18.5 Å². The number of amides is 2. The smallest absolute Gasteiger partial charge is 0.319 e. The lowest BCUT2D eigenvalue weighted by Crippen LogP contribution is -2.41. The minimum atomic E-state index is -0.146. The molecule has 126 valence electrons. The average molecular weight is 325 g/mol. The molecule has 1 aliphatic heterocycles. The maximum Gasteiger partial charge on any atom is 0.319 e. The second-order valence-electron chi connectivity index (χ2n) is 5.96. The second kappa shape index (κ2) is 8.45. The van der Waals surface area contributed by atoms with Crippen LogP contribution in [0.3, 0.4) is 0 Å². The maximum absolute atomic E-state index is 12.2. The molecule has 0 atom stereocenters. The summed E-state index contributed by atoms with van der Waals surface area (Å²) in [4.78, 5) is 16.6. The Labute approximate surface area is 142 Å². The van der Waals surface area contributed by atoms with Gasteiger partial charge in [-0.3, -0.25) is 4.98 Å². The van der Waals surface area contributed by atoms with Crippen LogP contribution in [0, 0.1) is 0 Å². The van der Waals surface area contributed by atoms with Crippen molar-refractivity contribution in [3.63, 3.8) is 0 Å². The molecular weight excluding hydrogens is 302 g/mol. The van der Waals surface area contributed by atoms with Gasteiger partial charge in [-0.05, 0) is 49.4 Å². The average Bonchev–Trinajstić information content (AvgIpc) is 2.63. The number of nitrogens with zero attached hydrogens (tertiary/aromatic N) is 1. The Bertz CT molecular complexity index is 655. The van der Waals surface area contributed by atoms with Crippen molar-refractivity contribution in [2.24, 2.45) is 0 Å². The van der Waals surface area contributed by atoms with Crippen LogP contribution in [0.2, 0.25) is 0 Å². The van der Waals surface area contributed by atoms with Gasteiger partial charge in [0.1, 0.15) is 0 Å². The van der Waals surface area contributed by atoms with Crippen LogP contribution in [0.5, 0.6) is 0 Å². The molecule has 2 amide bonds. The summed E-state index contributed by atoms with van der Waals surface area (Å²) < 4.78 is 5.32. The highest BCUT2D eigenvalue weighted by Crippen LogP contribution is 2.17. The SMILES string of the molecule is O=C(Nc1ccccc1CCc1ccccn1)NC1CCOCC1. The van der Waals surface area contributed by atoms with Crippen LogP contribution >= 0.6 is 0 Å². The van der Waals surface area contributed by atoms with Gasteiger partial charge in [0.25, 0.3) is 0 Å². The number of urea groups is 1. The van der Waals surface area contributed by atoms with Crippen LogP contribution in [0.4, 0.5) is 10.5 Å². The number of rotatable bonds is 5. The van der Waals surface area contributed by atoms with Crippen LogP contribution in [0.25, 0.3) is 0 Å². The van der Waals surface area contributed by atoms with E-state index in [0.29, 0.717) is 13.2 Å². The molecule has 5 heteroatoms. The van der Waals surface area contributed by atoms with Gasteiger partial charge in [0.05, 0.1) is 0 Å². The number of hydrogen-bond donors (Lipinski definition) is 2. The molecule has 0 spiro atoms. The summed E-state index contributed by atoms with van der Waals surface area (Å²) in [7, 11) is 0. The largest absolute Gasteiger partial charge is 0.381 e. The lowest BCUT2D eigenvalue weighted by atomic mass is 10.1. The number of aromatic nitrogens is 1. The van der Waals surface area contributed by atoms with Crippen molar-refractivity contribution >= 4 is 11.7 Å². The number of ether oxygens (including phenoxy) is 1.